The van der Waals surface area contributed by atoms with Crippen LogP contribution in [0.3, 0.4) is 0 Å². The van der Waals surface area contributed by atoms with Crippen molar-refractivity contribution in [2.45, 2.75) is 18.9 Å². The smallest absolute Gasteiger partial charge is 0.335 e. The van der Waals surface area contributed by atoms with E-state index in [0.717, 1.165) is 27.9 Å². The van der Waals surface area contributed by atoms with Gasteiger partial charge in [0.15, 0.2) is 0 Å². The van der Waals surface area contributed by atoms with Gasteiger partial charge in [-0.1, -0.05) is 66.7 Å². The summed E-state index contributed by atoms with van der Waals surface area (Å²) < 4.78 is 1.65. The zero-order chi connectivity index (χ0) is 24.9. The number of fused-ring (bicyclic) bond motifs is 3. The molecule has 0 saturated carbocycles. The summed E-state index contributed by atoms with van der Waals surface area (Å²) in [7, 11) is 0. The quantitative estimate of drug-likeness (QED) is 0.383. The first-order valence-corrected chi connectivity index (χ1v) is 12.1. The number of carbonyl (C=O) groups is 2. The SMILES string of the molecule is O=C(O)c1ccc2cnc3nncn3c2c1.O=C1SC(Cc2ccccc2)=NC1Cc1ccccc1. The molecule has 1 aliphatic heterocycles. The van der Waals surface area contributed by atoms with Crippen LogP contribution in [0.25, 0.3) is 16.7 Å². The van der Waals surface area contributed by atoms with Crippen LogP contribution in [0.15, 0.2) is 96.4 Å². The van der Waals surface area contributed by atoms with E-state index in [1.165, 1.54) is 23.7 Å². The van der Waals surface area contributed by atoms with Crippen LogP contribution in [0, 0.1) is 0 Å². The summed E-state index contributed by atoms with van der Waals surface area (Å²) in [6.07, 6.45) is 4.61. The van der Waals surface area contributed by atoms with Gasteiger partial charge < -0.3 is 5.11 Å². The van der Waals surface area contributed by atoms with Crippen molar-refractivity contribution in [3.63, 3.8) is 0 Å². The van der Waals surface area contributed by atoms with E-state index in [1.807, 2.05) is 48.5 Å². The Bertz CT molecular complexity index is 1570. The first-order valence-electron chi connectivity index (χ1n) is 11.2. The van der Waals surface area contributed by atoms with Gasteiger partial charge in [0.05, 0.1) is 16.1 Å². The number of aromatic nitrogens is 4. The summed E-state index contributed by atoms with van der Waals surface area (Å²) in [5.41, 5.74) is 3.33. The molecule has 0 aliphatic carbocycles. The lowest BCUT2D eigenvalue weighted by molar-refractivity contribution is -0.111. The summed E-state index contributed by atoms with van der Waals surface area (Å²) >= 11 is 1.30. The second-order valence-corrected chi connectivity index (χ2v) is 9.23. The second-order valence-electron chi connectivity index (χ2n) is 8.15. The summed E-state index contributed by atoms with van der Waals surface area (Å²) in [6, 6.07) is 24.8. The summed E-state index contributed by atoms with van der Waals surface area (Å²) in [5, 5.41) is 18.4. The number of hydrogen-bond donors (Lipinski definition) is 1. The number of nitrogens with zero attached hydrogens (tertiary/aromatic N) is 5. The summed E-state index contributed by atoms with van der Waals surface area (Å²) in [6.45, 7) is 0. The Labute approximate surface area is 210 Å². The van der Waals surface area contributed by atoms with Crippen LogP contribution in [-0.2, 0) is 17.6 Å². The van der Waals surface area contributed by atoms with E-state index >= 15 is 0 Å². The Hall–Kier alpha value is -4.37. The number of carbonyl (C=O) groups excluding carboxylic acids is 1. The zero-order valence-electron chi connectivity index (χ0n) is 19.1. The van der Waals surface area contributed by atoms with Gasteiger partial charge in [-0.15, -0.1) is 10.2 Å². The van der Waals surface area contributed by atoms with Crippen molar-refractivity contribution in [2.24, 2.45) is 4.99 Å². The molecule has 1 unspecified atom stereocenters. The molecule has 0 radical (unpaired) electrons. The third kappa shape index (κ3) is 5.31. The van der Waals surface area contributed by atoms with Crippen molar-refractivity contribution in [3.05, 3.63) is 108 Å². The number of benzene rings is 3. The van der Waals surface area contributed by atoms with E-state index in [9.17, 15) is 9.59 Å². The lowest BCUT2D eigenvalue weighted by Gasteiger charge is -2.03. The molecule has 178 valence electrons. The summed E-state index contributed by atoms with van der Waals surface area (Å²) in [5.74, 6) is -0.505. The van der Waals surface area contributed by atoms with Crippen LogP contribution in [0.1, 0.15) is 21.5 Å². The number of hydrogen-bond acceptors (Lipinski definition) is 7. The molecule has 2 aromatic heterocycles. The average molecular weight is 496 g/mol. The van der Waals surface area contributed by atoms with Gasteiger partial charge in [-0.05, 0) is 35.0 Å². The Kier molecular flexibility index (Phi) is 6.81. The fourth-order valence-corrected chi connectivity index (χ4v) is 4.79. The maximum absolute atomic E-state index is 12.0. The maximum atomic E-state index is 12.0. The monoisotopic (exact) mass is 495 g/mol. The minimum absolute atomic E-state index is 0.166. The number of aliphatic imine (C=N–C) groups is 1. The van der Waals surface area contributed by atoms with Crippen LogP contribution < -0.4 is 0 Å². The van der Waals surface area contributed by atoms with E-state index < -0.39 is 5.97 Å². The fraction of sp³-hybridized carbons (Fsp3) is 0.111. The normalized spacial score (nSPS) is 14.9. The van der Waals surface area contributed by atoms with Gasteiger partial charge in [0.1, 0.15) is 12.4 Å². The molecule has 1 N–H and O–H groups in total. The van der Waals surface area contributed by atoms with Crippen LogP contribution in [0.5, 0.6) is 0 Å². The van der Waals surface area contributed by atoms with Crippen molar-refractivity contribution in [1.82, 2.24) is 19.6 Å². The van der Waals surface area contributed by atoms with Crippen LogP contribution in [0.2, 0.25) is 0 Å². The van der Waals surface area contributed by atoms with Crippen molar-refractivity contribution >= 4 is 44.6 Å². The van der Waals surface area contributed by atoms with Crippen molar-refractivity contribution in [3.8, 4) is 0 Å². The van der Waals surface area contributed by atoms with Crippen LogP contribution >= 0.6 is 11.8 Å². The molecule has 3 aromatic carbocycles. The number of carboxylic acid groups (broad SMARTS) is 1. The molecule has 6 rings (SSSR count). The Morgan fingerprint density at radius 2 is 1.69 bits per heavy atom. The van der Waals surface area contributed by atoms with Gasteiger partial charge in [0, 0.05) is 24.4 Å². The van der Waals surface area contributed by atoms with E-state index in [-0.39, 0.29) is 16.7 Å². The molecule has 9 heteroatoms. The lowest BCUT2D eigenvalue weighted by Crippen LogP contribution is -2.13. The lowest BCUT2D eigenvalue weighted by atomic mass is 10.1. The average Bonchev–Trinajstić information content (AvgIpc) is 3.52. The molecule has 0 bridgehead atoms. The van der Waals surface area contributed by atoms with Crippen molar-refractivity contribution < 1.29 is 14.7 Å². The number of thioether (sulfide) groups is 1. The molecule has 0 amide bonds. The van der Waals surface area contributed by atoms with E-state index in [0.29, 0.717) is 12.2 Å². The highest BCUT2D eigenvalue weighted by Gasteiger charge is 2.27. The topological polar surface area (TPSA) is 110 Å². The van der Waals surface area contributed by atoms with Gasteiger partial charge in [-0.3, -0.25) is 14.2 Å². The van der Waals surface area contributed by atoms with Gasteiger partial charge in [-0.25, -0.2) is 9.78 Å². The van der Waals surface area contributed by atoms with Gasteiger partial charge in [0.25, 0.3) is 5.78 Å². The molecule has 3 heterocycles. The summed E-state index contributed by atoms with van der Waals surface area (Å²) in [4.78, 5) is 31.6. The predicted octanol–water partition coefficient (Wildman–Crippen LogP) is 4.49. The van der Waals surface area contributed by atoms with E-state index in [4.69, 9.17) is 5.11 Å². The van der Waals surface area contributed by atoms with Crippen molar-refractivity contribution in [2.75, 3.05) is 0 Å². The van der Waals surface area contributed by atoms with Gasteiger partial charge >= 0.3 is 5.97 Å². The third-order valence-corrected chi connectivity index (χ3v) is 6.60. The number of aromatic carboxylic acids is 1. The molecule has 0 saturated heterocycles. The van der Waals surface area contributed by atoms with E-state index in [2.05, 4.69) is 32.3 Å². The molecule has 1 atom stereocenters. The minimum Gasteiger partial charge on any atom is -0.478 e. The minimum atomic E-state index is -0.958. The standard InChI is InChI=1S/C17H15NOS.C10H6N4O2/c19-17-15(11-13-7-3-1-4-8-13)18-16(20-17)12-14-9-5-2-6-10-14;15-9(16)6-1-2-7-4-11-10-13-12-5-14(10)8(7)3-6/h1-10,15H,11-12H2;1-5H,(H,15,16). The van der Waals surface area contributed by atoms with E-state index in [1.54, 1.807) is 28.8 Å². The molecule has 36 heavy (non-hydrogen) atoms. The number of rotatable bonds is 5. The maximum Gasteiger partial charge on any atom is 0.335 e. The molecular formula is C27H21N5O3S. The fourth-order valence-electron chi connectivity index (χ4n) is 3.86. The first-order chi connectivity index (χ1) is 17.6. The highest BCUT2D eigenvalue weighted by Crippen LogP contribution is 2.25. The number of carboxylic acids is 1. The predicted molar refractivity (Wildman–Crippen MR) is 139 cm³/mol. The second kappa shape index (κ2) is 10.5. The Morgan fingerprint density at radius 1 is 0.972 bits per heavy atom. The van der Waals surface area contributed by atoms with Crippen LogP contribution in [0.4, 0.5) is 0 Å². The molecule has 0 spiro atoms. The Morgan fingerprint density at radius 3 is 2.42 bits per heavy atom. The first kappa shape index (κ1) is 23.4. The molecular weight excluding hydrogens is 474 g/mol. The highest BCUT2D eigenvalue weighted by molar-refractivity contribution is 8.26. The molecule has 8 nitrogen and oxygen atoms in total. The van der Waals surface area contributed by atoms with Gasteiger partial charge in [-0.2, -0.15) is 0 Å². The molecule has 1 aliphatic rings. The zero-order valence-corrected chi connectivity index (χ0v) is 19.9. The highest BCUT2D eigenvalue weighted by atomic mass is 32.2. The molecule has 0 fully saturated rings. The van der Waals surface area contributed by atoms with Gasteiger partial charge in [0.2, 0.25) is 5.12 Å². The largest absolute Gasteiger partial charge is 0.478 e. The molecule has 5 aromatic rings. The Balaban J connectivity index is 0.000000152. The van der Waals surface area contributed by atoms with Crippen LogP contribution in [-0.4, -0.2) is 46.9 Å². The van der Waals surface area contributed by atoms with Crippen molar-refractivity contribution in [1.29, 1.82) is 0 Å². The third-order valence-electron chi connectivity index (χ3n) is 5.65.